The topological polar surface area (TPSA) is 111 Å². The van der Waals surface area contributed by atoms with E-state index in [1.165, 1.54) is 30.2 Å². The van der Waals surface area contributed by atoms with Gasteiger partial charge in [0.2, 0.25) is 0 Å². The van der Waals surface area contributed by atoms with Crippen molar-refractivity contribution in [3.63, 3.8) is 0 Å². The number of benzene rings is 2. The zero-order valence-corrected chi connectivity index (χ0v) is 22.9. The molecule has 2 aromatic rings. The number of nitro benzene ring substituents is 1. The Kier molecular flexibility index (Phi) is 10.6. The third-order valence-electron chi connectivity index (χ3n) is 6.35. The van der Waals surface area contributed by atoms with Gasteiger partial charge >= 0.3 is 11.9 Å². The number of hydrogen-bond acceptors (Lipinski definition) is 9. The minimum absolute atomic E-state index is 0.134. The number of methoxy groups -OCH3 is 1. The maximum atomic E-state index is 13.3. The number of carbonyl (C=O) groups excluding carboxylic acids is 2. The fourth-order valence-corrected chi connectivity index (χ4v) is 5.44. The summed E-state index contributed by atoms with van der Waals surface area (Å²) in [4.78, 5) is 44.8. The normalized spacial score (nSPS) is 17.2. The van der Waals surface area contributed by atoms with Crippen molar-refractivity contribution in [3.05, 3.63) is 81.5 Å². The first-order valence-corrected chi connectivity index (χ1v) is 13.3. The second-order valence-electron chi connectivity index (χ2n) is 9.04. The van der Waals surface area contributed by atoms with Crippen LogP contribution in [0.1, 0.15) is 31.7 Å². The van der Waals surface area contributed by atoms with E-state index in [1.807, 2.05) is 25.2 Å². The zero-order valence-electron chi connectivity index (χ0n) is 22.1. The Balaban J connectivity index is 1.66. The van der Waals surface area contributed by atoms with Gasteiger partial charge in [-0.15, -0.1) is 11.8 Å². The van der Waals surface area contributed by atoms with Gasteiger partial charge < -0.3 is 14.4 Å². The molecule has 0 spiro atoms. The van der Waals surface area contributed by atoms with Gasteiger partial charge in [-0.1, -0.05) is 30.3 Å². The maximum Gasteiger partial charge on any atom is 0.336 e. The standard InChI is InChI=1S/C28H33N3O6S/c1-19-24(27(32)36-4)26(21-10-8-11-22(18-21)31(34)35)25(20(2)29-19)28(33)37-16-9-14-30(3)15-17-38-23-12-6-5-7-13-23/h5-8,10-13,18,24,26H,9,14-17H2,1-4H3. The molecule has 0 fully saturated rings. The van der Waals surface area contributed by atoms with E-state index >= 15 is 0 Å². The number of esters is 2. The quantitative estimate of drug-likeness (QED) is 0.123. The van der Waals surface area contributed by atoms with E-state index in [1.54, 1.807) is 31.7 Å². The fraction of sp³-hybridized carbons (Fsp3) is 0.393. The summed E-state index contributed by atoms with van der Waals surface area (Å²) >= 11 is 1.79. The smallest absolute Gasteiger partial charge is 0.336 e. The fourth-order valence-electron chi connectivity index (χ4n) is 4.45. The van der Waals surface area contributed by atoms with Crippen LogP contribution in [0.5, 0.6) is 0 Å². The molecule has 10 heteroatoms. The molecule has 1 aliphatic rings. The molecule has 0 amide bonds. The Labute approximate surface area is 227 Å². The van der Waals surface area contributed by atoms with E-state index in [4.69, 9.17) is 9.47 Å². The van der Waals surface area contributed by atoms with Crippen molar-refractivity contribution < 1.29 is 24.0 Å². The van der Waals surface area contributed by atoms with Crippen LogP contribution in [0.25, 0.3) is 0 Å². The van der Waals surface area contributed by atoms with Gasteiger partial charge in [0, 0.05) is 53.2 Å². The molecule has 2 aromatic carbocycles. The molecule has 9 nitrogen and oxygen atoms in total. The first-order chi connectivity index (χ1) is 18.2. The first-order valence-electron chi connectivity index (χ1n) is 12.3. The molecule has 0 bridgehead atoms. The molecule has 0 saturated carbocycles. The predicted octanol–water partition coefficient (Wildman–Crippen LogP) is 4.87. The first kappa shape index (κ1) is 29.1. The van der Waals surface area contributed by atoms with Crippen LogP contribution in [0.3, 0.4) is 0 Å². The number of ether oxygens (including phenoxy) is 2. The van der Waals surface area contributed by atoms with Crippen LogP contribution in [0, 0.1) is 16.0 Å². The molecule has 0 aromatic heterocycles. The van der Waals surface area contributed by atoms with Crippen LogP contribution in [-0.4, -0.2) is 67.1 Å². The maximum absolute atomic E-state index is 13.3. The van der Waals surface area contributed by atoms with Crippen molar-refractivity contribution in [2.24, 2.45) is 10.9 Å². The summed E-state index contributed by atoms with van der Waals surface area (Å²) in [5.74, 6) is -1.93. The SMILES string of the molecule is COC(=O)C1C(C)=NC(C)=C(C(=O)OCCCN(C)CCSc2ccccc2)C1c1cccc([N+](=O)[O-])c1. The Hall–Kier alpha value is -3.50. The number of carbonyl (C=O) groups is 2. The summed E-state index contributed by atoms with van der Waals surface area (Å²) in [6, 6.07) is 16.2. The predicted molar refractivity (Wildman–Crippen MR) is 147 cm³/mol. The Morgan fingerprint density at radius 1 is 1.11 bits per heavy atom. The molecule has 38 heavy (non-hydrogen) atoms. The largest absolute Gasteiger partial charge is 0.468 e. The molecule has 3 rings (SSSR count). The van der Waals surface area contributed by atoms with E-state index in [0.717, 1.165) is 18.8 Å². The van der Waals surface area contributed by atoms with Crippen LogP contribution in [0.15, 0.2) is 75.8 Å². The highest BCUT2D eigenvalue weighted by Gasteiger charge is 2.42. The van der Waals surface area contributed by atoms with E-state index < -0.39 is 28.7 Å². The van der Waals surface area contributed by atoms with Crippen molar-refractivity contribution in [1.29, 1.82) is 0 Å². The second kappa shape index (κ2) is 13.9. The molecule has 1 aliphatic heterocycles. The van der Waals surface area contributed by atoms with Crippen molar-refractivity contribution in [3.8, 4) is 0 Å². The van der Waals surface area contributed by atoms with E-state index in [9.17, 15) is 19.7 Å². The van der Waals surface area contributed by atoms with Gasteiger partial charge in [0.15, 0.2) is 0 Å². The van der Waals surface area contributed by atoms with Gasteiger partial charge in [-0.25, -0.2) is 4.79 Å². The molecule has 0 saturated heterocycles. The average Bonchev–Trinajstić information content (AvgIpc) is 2.90. The average molecular weight is 540 g/mol. The molecular weight excluding hydrogens is 506 g/mol. The summed E-state index contributed by atoms with van der Waals surface area (Å²) in [5.41, 5.74) is 1.41. The van der Waals surface area contributed by atoms with Crippen molar-refractivity contribution >= 4 is 35.1 Å². The zero-order chi connectivity index (χ0) is 27.7. The second-order valence-corrected chi connectivity index (χ2v) is 10.2. The number of aliphatic imine (C=N–C) groups is 1. The lowest BCUT2D eigenvalue weighted by molar-refractivity contribution is -0.384. The van der Waals surface area contributed by atoms with Gasteiger partial charge in [0.1, 0.15) is 5.92 Å². The number of thioether (sulfide) groups is 1. The third-order valence-corrected chi connectivity index (χ3v) is 7.34. The monoisotopic (exact) mass is 539 g/mol. The lowest BCUT2D eigenvalue weighted by Gasteiger charge is -2.31. The van der Waals surface area contributed by atoms with E-state index in [0.29, 0.717) is 23.4 Å². The minimum Gasteiger partial charge on any atom is -0.468 e. The molecular formula is C28H33N3O6S. The molecule has 0 N–H and O–H groups in total. The van der Waals surface area contributed by atoms with Gasteiger partial charge in [-0.3, -0.25) is 19.9 Å². The van der Waals surface area contributed by atoms with Gasteiger partial charge in [-0.2, -0.15) is 0 Å². The van der Waals surface area contributed by atoms with Gasteiger partial charge in [0.25, 0.3) is 5.69 Å². The summed E-state index contributed by atoms with van der Waals surface area (Å²) in [6.45, 7) is 5.19. The number of nitrogens with zero attached hydrogens (tertiary/aromatic N) is 3. The van der Waals surface area contributed by atoms with E-state index in [-0.39, 0.29) is 17.9 Å². The highest BCUT2D eigenvalue weighted by atomic mass is 32.2. The third kappa shape index (κ3) is 7.52. The number of nitro groups is 1. The van der Waals surface area contributed by atoms with Crippen molar-refractivity contribution in [2.75, 3.05) is 39.6 Å². The van der Waals surface area contributed by atoms with Crippen LogP contribution in [0.4, 0.5) is 5.69 Å². The number of rotatable bonds is 12. The number of allylic oxidation sites excluding steroid dienone is 1. The van der Waals surface area contributed by atoms with Crippen LogP contribution in [-0.2, 0) is 19.1 Å². The molecule has 1 heterocycles. The number of hydrogen-bond donors (Lipinski definition) is 0. The molecule has 202 valence electrons. The van der Waals surface area contributed by atoms with Crippen molar-refractivity contribution in [1.82, 2.24) is 4.90 Å². The van der Waals surface area contributed by atoms with Crippen molar-refractivity contribution in [2.45, 2.75) is 31.1 Å². The highest BCUT2D eigenvalue weighted by molar-refractivity contribution is 7.99. The summed E-state index contributed by atoms with van der Waals surface area (Å²) < 4.78 is 10.6. The molecule has 0 radical (unpaired) electrons. The highest BCUT2D eigenvalue weighted by Crippen LogP contribution is 2.40. The Morgan fingerprint density at radius 3 is 2.53 bits per heavy atom. The van der Waals surface area contributed by atoms with Crippen LogP contribution in [0.2, 0.25) is 0 Å². The summed E-state index contributed by atoms with van der Waals surface area (Å²) in [6.07, 6.45) is 0.634. The Morgan fingerprint density at radius 2 is 1.84 bits per heavy atom. The Bertz CT molecular complexity index is 1210. The lowest BCUT2D eigenvalue weighted by atomic mass is 9.75. The molecule has 2 atom stereocenters. The lowest BCUT2D eigenvalue weighted by Crippen LogP contribution is -2.36. The summed E-state index contributed by atoms with van der Waals surface area (Å²) in [7, 11) is 3.29. The van der Waals surface area contributed by atoms with Crippen LogP contribution >= 0.6 is 11.8 Å². The van der Waals surface area contributed by atoms with Gasteiger partial charge in [0.05, 0.1) is 24.2 Å². The minimum atomic E-state index is -0.901. The van der Waals surface area contributed by atoms with Gasteiger partial charge in [-0.05, 0) is 45.0 Å². The molecule has 2 unspecified atom stereocenters. The van der Waals surface area contributed by atoms with Crippen LogP contribution < -0.4 is 0 Å². The number of non-ortho nitro benzene ring substituents is 1. The van der Waals surface area contributed by atoms with E-state index in [2.05, 4.69) is 22.0 Å². The molecule has 0 aliphatic carbocycles. The summed E-state index contributed by atoms with van der Waals surface area (Å²) in [5, 5.41) is 11.4.